The maximum Gasteiger partial charge on any atom is 0.307 e. The van der Waals surface area contributed by atoms with Crippen molar-refractivity contribution < 1.29 is 23.5 Å². The largest absolute Gasteiger partial charge is 0.453 e. The number of carbonyl (C=O) groups is 3. The predicted molar refractivity (Wildman–Crippen MR) is 96.8 cm³/mol. The number of hydrogen-bond acceptors (Lipinski definition) is 5. The van der Waals surface area contributed by atoms with Crippen LogP contribution in [0, 0.1) is 19.7 Å². The Labute approximate surface area is 156 Å². The Kier molecular flexibility index (Phi) is 6.44. The van der Waals surface area contributed by atoms with Gasteiger partial charge in [-0.25, -0.2) is 4.39 Å². The van der Waals surface area contributed by atoms with E-state index >= 15 is 0 Å². The molecular formula is C19H22FN3O4. The molecule has 1 amide bonds. The quantitative estimate of drug-likeness (QED) is 0.594. The number of carbonyl (C=O) groups excluding carboxylic acids is 3. The number of anilines is 1. The molecule has 1 aromatic carbocycles. The van der Waals surface area contributed by atoms with Crippen LogP contribution in [0.5, 0.6) is 0 Å². The summed E-state index contributed by atoms with van der Waals surface area (Å²) < 4.78 is 19.6. The monoisotopic (exact) mass is 375 g/mol. The van der Waals surface area contributed by atoms with Crippen LogP contribution in [0.25, 0.3) is 0 Å². The van der Waals surface area contributed by atoms with Crippen LogP contribution in [0.3, 0.4) is 0 Å². The normalized spacial score (nSPS) is 11.7. The minimum absolute atomic E-state index is 0.0837. The van der Waals surface area contributed by atoms with Crippen LogP contribution in [0.2, 0.25) is 0 Å². The number of nitrogens with one attached hydrogen (secondary N) is 1. The highest BCUT2D eigenvalue weighted by atomic mass is 19.1. The minimum atomic E-state index is -1.02. The molecule has 0 unspecified atom stereocenters. The third kappa shape index (κ3) is 5.22. The second kappa shape index (κ2) is 8.57. The SMILES string of the molecule is Cc1nn(C)c(C)c1NC(=O)[C@H](C)OC(=O)CCC(=O)c1ccc(F)cc1. The molecule has 0 bridgehead atoms. The van der Waals surface area contributed by atoms with E-state index in [-0.39, 0.29) is 18.6 Å². The number of ether oxygens (including phenoxy) is 1. The Bertz CT molecular complexity index is 859. The van der Waals surface area contributed by atoms with Gasteiger partial charge in [0.05, 0.1) is 23.5 Å². The molecule has 1 aromatic heterocycles. The molecule has 0 saturated carbocycles. The Morgan fingerprint density at radius 1 is 1.19 bits per heavy atom. The fourth-order valence-corrected chi connectivity index (χ4v) is 2.48. The second-order valence-electron chi connectivity index (χ2n) is 6.22. The van der Waals surface area contributed by atoms with E-state index in [1.807, 2.05) is 6.92 Å². The number of ketones is 1. The van der Waals surface area contributed by atoms with Gasteiger partial charge in [0, 0.05) is 19.0 Å². The maximum atomic E-state index is 12.9. The van der Waals surface area contributed by atoms with E-state index in [0.29, 0.717) is 16.9 Å². The summed E-state index contributed by atoms with van der Waals surface area (Å²) in [7, 11) is 1.76. The van der Waals surface area contributed by atoms with E-state index in [2.05, 4.69) is 10.4 Å². The molecule has 27 heavy (non-hydrogen) atoms. The molecule has 2 aromatic rings. The van der Waals surface area contributed by atoms with Crippen LogP contribution in [-0.2, 0) is 21.4 Å². The van der Waals surface area contributed by atoms with Gasteiger partial charge in [-0.15, -0.1) is 0 Å². The van der Waals surface area contributed by atoms with E-state index in [4.69, 9.17) is 4.74 Å². The lowest BCUT2D eigenvalue weighted by Gasteiger charge is -2.13. The molecule has 1 N–H and O–H groups in total. The highest BCUT2D eigenvalue weighted by molar-refractivity contribution is 5.98. The van der Waals surface area contributed by atoms with Crippen LogP contribution in [-0.4, -0.2) is 33.5 Å². The Balaban J connectivity index is 1.84. The summed E-state index contributed by atoms with van der Waals surface area (Å²) in [5.74, 6) is -1.88. The van der Waals surface area contributed by atoms with Gasteiger partial charge >= 0.3 is 5.97 Å². The third-order valence-electron chi connectivity index (χ3n) is 4.16. The zero-order valence-corrected chi connectivity index (χ0v) is 15.7. The summed E-state index contributed by atoms with van der Waals surface area (Å²) in [6.07, 6.45) is -1.27. The van der Waals surface area contributed by atoms with Crippen molar-refractivity contribution in [2.75, 3.05) is 5.32 Å². The van der Waals surface area contributed by atoms with Crippen molar-refractivity contribution in [2.24, 2.45) is 7.05 Å². The lowest BCUT2D eigenvalue weighted by atomic mass is 10.1. The molecule has 1 atom stereocenters. The molecule has 0 saturated heterocycles. The molecule has 2 rings (SSSR count). The molecule has 0 radical (unpaired) electrons. The number of rotatable bonds is 7. The first-order valence-electron chi connectivity index (χ1n) is 8.48. The van der Waals surface area contributed by atoms with Gasteiger partial charge in [-0.2, -0.15) is 5.10 Å². The molecule has 0 aliphatic heterocycles. The molecular weight excluding hydrogens is 353 g/mol. The number of aromatic nitrogens is 2. The average Bonchev–Trinajstić information content (AvgIpc) is 2.86. The highest BCUT2D eigenvalue weighted by Crippen LogP contribution is 2.19. The summed E-state index contributed by atoms with van der Waals surface area (Å²) in [6.45, 7) is 5.03. The van der Waals surface area contributed by atoms with Gasteiger partial charge < -0.3 is 10.1 Å². The standard InChI is InChI=1S/C19H22FN3O4/c1-11-18(12(2)23(4)22-11)21-19(26)13(3)27-17(25)10-9-16(24)14-5-7-15(20)8-6-14/h5-8,13H,9-10H2,1-4H3,(H,21,26)/t13-/m0/s1. The number of aryl methyl sites for hydroxylation is 2. The Hall–Kier alpha value is -3.03. The lowest BCUT2D eigenvalue weighted by molar-refractivity contribution is -0.153. The van der Waals surface area contributed by atoms with Gasteiger partial charge in [0.2, 0.25) is 0 Å². The van der Waals surface area contributed by atoms with Gasteiger partial charge in [0.25, 0.3) is 5.91 Å². The van der Waals surface area contributed by atoms with Crippen LogP contribution in [0.4, 0.5) is 10.1 Å². The molecule has 0 spiro atoms. The molecule has 0 aliphatic rings. The second-order valence-corrected chi connectivity index (χ2v) is 6.22. The number of esters is 1. The number of nitrogens with zero attached hydrogens (tertiary/aromatic N) is 2. The van der Waals surface area contributed by atoms with E-state index in [0.717, 1.165) is 5.69 Å². The summed E-state index contributed by atoms with van der Waals surface area (Å²) >= 11 is 0. The fourth-order valence-electron chi connectivity index (χ4n) is 2.48. The summed E-state index contributed by atoms with van der Waals surface area (Å²) in [5.41, 5.74) is 2.34. The van der Waals surface area contributed by atoms with Crippen LogP contribution in [0.15, 0.2) is 24.3 Å². The van der Waals surface area contributed by atoms with E-state index in [1.165, 1.54) is 31.2 Å². The van der Waals surface area contributed by atoms with Crippen LogP contribution >= 0.6 is 0 Å². The molecule has 1 heterocycles. The first-order chi connectivity index (χ1) is 12.7. The lowest BCUT2D eigenvalue weighted by Crippen LogP contribution is -2.30. The summed E-state index contributed by atoms with van der Waals surface area (Å²) in [6, 6.07) is 5.08. The number of benzene rings is 1. The first kappa shape index (κ1) is 20.3. The zero-order valence-electron chi connectivity index (χ0n) is 15.7. The van der Waals surface area contributed by atoms with Crippen molar-refractivity contribution in [3.63, 3.8) is 0 Å². The van der Waals surface area contributed by atoms with Crippen molar-refractivity contribution in [1.82, 2.24) is 9.78 Å². The van der Waals surface area contributed by atoms with E-state index in [1.54, 1.807) is 18.7 Å². The first-order valence-corrected chi connectivity index (χ1v) is 8.48. The molecule has 0 aliphatic carbocycles. The molecule has 8 heteroatoms. The van der Waals surface area contributed by atoms with E-state index in [9.17, 15) is 18.8 Å². The number of hydrogen-bond donors (Lipinski definition) is 1. The fraction of sp³-hybridized carbons (Fsp3) is 0.368. The smallest absolute Gasteiger partial charge is 0.307 e. The van der Waals surface area contributed by atoms with Crippen molar-refractivity contribution in [1.29, 1.82) is 0 Å². The number of Topliss-reactive ketones (excluding diaryl/α,β-unsaturated/α-hetero) is 1. The summed E-state index contributed by atoms with van der Waals surface area (Å²) in [5, 5.41) is 6.90. The van der Waals surface area contributed by atoms with Gasteiger partial charge in [-0.05, 0) is 45.0 Å². The molecule has 7 nitrogen and oxygen atoms in total. The van der Waals surface area contributed by atoms with Gasteiger partial charge in [0.1, 0.15) is 5.82 Å². The van der Waals surface area contributed by atoms with Crippen molar-refractivity contribution in [2.45, 2.75) is 39.7 Å². The van der Waals surface area contributed by atoms with Crippen LogP contribution in [0.1, 0.15) is 41.5 Å². The average molecular weight is 375 g/mol. The zero-order chi connectivity index (χ0) is 20.1. The van der Waals surface area contributed by atoms with Crippen molar-refractivity contribution in [3.8, 4) is 0 Å². The predicted octanol–water partition coefficient (Wildman–Crippen LogP) is 2.71. The highest BCUT2D eigenvalue weighted by Gasteiger charge is 2.21. The van der Waals surface area contributed by atoms with Gasteiger partial charge in [-0.1, -0.05) is 0 Å². The van der Waals surface area contributed by atoms with Crippen molar-refractivity contribution in [3.05, 3.63) is 47.0 Å². The molecule has 144 valence electrons. The number of amides is 1. The number of halogens is 1. The third-order valence-corrected chi connectivity index (χ3v) is 4.16. The Morgan fingerprint density at radius 3 is 2.37 bits per heavy atom. The topological polar surface area (TPSA) is 90.3 Å². The van der Waals surface area contributed by atoms with Gasteiger partial charge in [0.15, 0.2) is 11.9 Å². The van der Waals surface area contributed by atoms with E-state index < -0.39 is 23.8 Å². The van der Waals surface area contributed by atoms with Crippen molar-refractivity contribution >= 4 is 23.3 Å². The minimum Gasteiger partial charge on any atom is -0.453 e. The van der Waals surface area contributed by atoms with Gasteiger partial charge in [-0.3, -0.25) is 19.1 Å². The molecule has 0 fully saturated rings. The van der Waals surface area contributed by atoms with Crippen LogP contribution < -0.4 is 5.32 Å². The summed E-state index contributed by atoms with van der Waals surface area (Å²) in [4.78, 5) is 36.1. The maximum absolute atomic E-state index is 12.9. The Morgan fingerprint density at radius 2 is 1.81 bits per heavy atom.